The molecule has 0 aliphatic carbocycles. The molecule has 24 heteroatoms. The maximum atomic E-state index is 13.3. The molecule has 2 atom stereocenters. The lowest BCUT2D eigenvalue weighted by molar-refractivity contribution is -0.275. The molecule has 0 radical (unpaired) electrons. The molecule has 2 saturated heterocycles. The highest BCUT2D eigenvalue weighted by molar-refractivity contribution is 5.78. The van der Waals surface area contributed by atoms with Gasteiger partial charge in [-0.2, -0.15) is 9.78 Å². The van der Waals surface area contributed by atoms with Crippen molar-refractivity contribution >= 4 is 24.2 Å². The van der Waals surface area contributed by atoms with Crippen LogP contribution in [0.25, 0.3) is 22.5 Å². The largest absolute Gasteiger partial charge is 0.573 e. The number of hydrogen-bond acceptors (Lipinski definition) is 12. The van der Waals surface area contributed by atoms with Gasteiger partial charge in [0.2, 0.25) is 0 Å². The molecule has 76 heavy (non-hydrogen) atoms. The summed E-state index contributed by atoms with van der Waals surface area (Å²) in [4.78, 5) is 59.8. The minimum absolute atomic E-state index is 0.243. The second-order valence-electron chi connectivity index (χ2n) is 19.7. The van der Waals surface area contributed by atoms with E-state index < -0.39 is 48.2 Å². The SMILES string of the molecule is CC(C)(C)OC(=O)N1CCN(C(=O)n2cc(-c3ccc(OC(F)(F)F)cc3)nn2)CC1Cc1ccccc1.CC(C)(C)OC(=O)N1CCN(C(=O)n2ncc(-c3ccc(OC(F)(F)F)cc3)n2)CC1Cc1ccccc1. The van der Waals surface area contributed by atoms with Gasteiger partial charge in [0.25, 0.3) is 0 Å². The van der Waals surface area contributed by atoms with E-state index in [0.29, 0.717) is 35.4 Å². The predicted molar refractivity (Wildman–Crippen MR) is 263 cm³/mol. The van der Waals surface area contributed by atoms with Gasteiger partial charge < -0.3 is 38.5 Å². The van der Waals surface area contributed by atoms with E-state index in [0.717, 1.165) is 44.9 Å². The lowest BCUT2D eigenvalue weighted by Crippen LogP contribution is -2.58. The fourth-order valence-electron chi connectivity index (χ4n) is 8.20. The van der Waals surface area contributed by atoms with Crippen molar-refractivity contribution in [2.75, 3.05) is 39.3 Å². The van der Waals surface area contributed by atoms with Crippen molar-refractivity contribution in [3.63, 3.8) is 0 Å². The van der Waals surface area contributed by atoms with Gasteiger partial charge >= 0.3 is 37.0 Å². The maximum absolute atomic E-state index is 13.3. The van der Waals surface area contributed by atoms with Gasteiger partial charge in [0.1, 0.15) is 34.1 Å². The molecule has 18 nitrogen and oxygen atoms in total. The summed E-state index contributed by atoms with van der Waals surface area (Å²) >= 11 is 0. The van der Waals surface area contributed by atoms with Crippen LogP contribution >= 0.6 is 0 Å². The summed E-state index contributed by atoms with van der Waals surface area (Å²) in [6.45, 7) is 12.4. The third kappa shape index (κ3) is 15.9. The third-order valence-electron chi connectivity index (χ3n) is 11.5. The normalized spacial score (nSPS) is 16.3. The number of alkyl halides is 6. The first-order valence-corrected chi connectivity index (χ1v) is 24.0. The van der Waals surface area contributed by atoms with E-state index in [1.54, 1.807) is 61.1 Å². The molecule has 2 aliphatic heterocycles. The van der Waals surface area contributed by atoms with Crippen molar-refractivity contribution in [2.24, 2.45) is 0 Å². The molecule has 0 spiro atoms. The first-order chi connectivity index (χ1) is 35.8. The molecule has 2 aromatic heterocycles. The van der Waals surface area contributed by atoms with Crippen molar-refractivity contribution in [1.29, 1.82) is 0 Å². The number of piperazine rings is 2. The Morgan fingerprint density at radius 1 is 0.553 bits per heavy atom. The maximum Gasteiger partial charge on any atom is 0.573 e. The van der Waals surface area contributed by atoms with E-state index in [9.17, 15) is 45.5 Å². The summed E-state index contributed by atoms with van der Waals surface area (Å²) in [5.41, 5.74) is 2.27. The topological polar surface area (TPSA) is 180 Å². The lowest BCUT2D eigenvalue weighted by Gasteiger charge is -2.41. The van der Waals surface area contributed by atoms with E-state index in [2.05, 4.69) is 30.0 Å². The Kier molecular flexibility index (Phi) is 16.9. The van der Waals surface area contributed by atoms with Crippen LogP contribution in [0.3, 0.4) is 0 Å². The van der Waals surface area contributed by atoms with E-state index in [-0.39, 0.29) is 62.9 Å². The van der Waals surface area contributed by atoms with Crippen molar-refractivity contribution < 1.29 is 64.5 Å². The van der Waals surface area contributed by atoms with Crippen LogP contribution in [0, 0.1) is 0 Å². The van der Waals surface area contributed by atoms with Crippen LogP contribution in [-0.4, -0.2) is 149 Å². The Bertz CT molecular complexity index is 2710. The molecule has 0 bridgehead atoms. The molecular formula is C52H56F6N10O8. The molecule has 6 aromatic rings. The van der Waals surface area contributed by atoms with Gasteiger partial charge in [0, 0.05) is 50.4 Å². The van der Waals surface area contributed by atoms with Crippen molar-refractivity contribution in [3.05, 3.63) is 133 Å². The number of carbonyl (C=O) groups is 4. The third-order valence-corrected chi connectivity index (χ3v) is 11.5. The van der Waals surface area contributed by atoms with Crippen LogP contribution in [0.5, 0.6) is 11.5 Å². The number of amides is 4. The average molecular weight is 1060 g/mol. The highest BCUT2D eigenvalue weighted by atomic mass is 19.4. The van der Waals surface area contributed by atoms with Crippen LogP contribution < -0.4 is 9.47 Å². The first-order valence-electron chi connectivity index (χ1n) is 24.0. The summed E-state index contributed by atoms with van der Waals surface area (Å²) < 4.78 is 94.5. The summed E-state index contributed by atoms with van der Waals surface area (Å²) in [6, 6.07) is 28.0. The lowest BCUT2D eigenvalue weighted by atomic mass is 10.0. The number of carbonyl (C=O) groups excluding carboxylic acids is 4. The highest BCUT2D eigenvalue weighted by Gasteiger charge is 2.38. The van der Waals surface area contributed by atoms with Gasteiger partial charge in [-0.15, -0.1) is 36.5 Å². The van der Waals surface area contributed by atoms with Gasteiger partial charge in [0.15, 0.2) is 0 Å². The number of rotatable bonds is 8. The van der Waals surface area contributed by atoms with Crippen molar-refractivity contribution in [1.82, 2.24) is 49.6 Å². The van der Waals surface area contributed by atoms with Crippen molar-refractivity contribution in [2.45, 2.75) is 90.4 Å². The van der Waals surface area contributed by atoms with Crippen LogP contribution in [0.4, 0.5) is 45.5 Å². The first kappa shape index (κ1) is 55.6. The molecule has 4 aromatic carbocycles. The average Bonchev–Trinajstić information content (AvgIpc) is 4.05. The highest BCUT2D eigenvalue weighted by Crippen LogP contribution is 2.28. The molecule has 0 saturated carbocycles. The van der Waals surface area contributed by atoms with Gasteiger partial charge in [0.05, 0.1) is 24.5 Å². The van der Waals surface area contributed by atoms with E-state index in [1.165, 1.54) is 36.7 Å². The monoisotopic (exact) mass is 1060 g/mol. The number of halogens is 6. The summed E-state index contributed by atoms with van der Waals surface area (Å²) in [6.07, 6.45) is -6.64. The van der Waals surface area contributed by atoms with Crippen LogP contribution in [-0.2, 0) is 22.3 Å². The quantitative estimate of drug-likeness (QED) is 0.132. The smallest absolute Gasteiger partial charge is 0.444 e. The fraction of sp³-hybridized carbons (Fsp3) is 0.385. The number of aromatic nitrogens is 6. The van der Waals surface area contributed by atoms with Gasteiger partial charge in [-0.25, -0.2) is 19.2 Å². The molecule has 0 N–H and O–H groups in total. The van der Waals surface area contributed by atoms with Gasteiger partial charge in [-0.05, 0) is 114 Å². The molecule has 4 amide bonds. The molecule has 8 rings (SSSR count). The Morgan fingerprint density at radius 2 is 0.974 bits per heavy atom. The molecule has 2 aliphatic rings. The fourth-order valence-corrected chi connectivity index (χ4v) is 8.20. The minimum Gasteiger partial charge on any atom is -0.444 e. The minimum atomic E-state index is -4.79. The number of nitrogens with zero attached hydrogens (tertiary/aromatic N) is 10. The molecule has 4 heterocycles. The van der Waals surface area contributed by atoms with Gasteiger partial charge in [-0.1, -0.05) is 70.7 Å². The second kappa shape index (κ2) is 23.2. The molecule has 2 unspecified atom stereocenters. The van der Waals surface area contributed by atoms with Crippen LogP contribution in [0.15, 0.2) is 122 Å². The summed E-state index contributed by atoms with van der Waals surface area (Å²) in [7, 11) is 0. The molecular weight excluding hydrogens is 1010 g/mol. The zero-order chi connectivity index (χ0) is 55.0. The Balaban J connectivity index is 0.000000221. The summed E-state index contributed by atoms with van der Waals surface area (Å²) in [5, 5.41) is 16.2. The zero-order valence-corrected chi connectivity index (χ0v) is 42.4. The van der Waals surface area contributed by atoms with Crippen molar-refractivity contribution in [3.8, 4) is 34.0 Å². The molecule has 2 fully saturated rings. The number of ether oxygens (including phenoxy) is 4. The predicted octanol–water partition coefficient (Wildman–Crippen LogP) is 9.95. The standard InChI is InChI=1S/2C26H28F3N5O4/c1-25(2,3)38-24(36)33-14-13-32(17-20(33)15-18-7-5-4-6-8-18)23(35)34-30-16-22(31-34)19-9-11-21(12-10-19)37-26(27,28)29;1-25(2,3)38-24(36)33-14-13-32(16-20(33)15-18-7-5-4-6-8-18)23(35)34-17-22(30-31-34)19-9-11-21(12-10-19)37-26(27,28)29/h4-12,16,20H,13-15,17H2,1-3H3;4-12,17,20H,13-16H2,1-3H3. The Hall–Kier alpha value is -8.18. The van der Waals surface area contributed by atoms with E-state index in [4.69, 9.17) is 9.47 Å². The summed E-state index contributed by atoms with van der Waals surface area (Å²) in [5.74, 6) is -0.728. The molecule has 404 valence electrons. The van der Waals surface area contributed by atoms with Crippen LogP contribution in [0.2, 0.25) is 0 Å². The second-order valence-corrected chi connectivity index (χ2v) is 19.7. The van der Waals surface area contributed by atoms with E-state index in [1.807, 2.05) is 60.7 Å². The number of benzene rings is 4. The van der Waals surface area contributed by atoms with Gasteiger partial charge in [-0.3, -0.25) is 0 Å². The van der Waals surface area contributed by atoms with Crippen LogP contribution in [0.1, 0.15) is 52.7 Å². The number of hydrogen-bond donors (Lipinski definition) is 0. The zero-order valence-electron chi connectivity index (χ0n) is 42.4. The Labute approximate surface area is 433 Å². The van der Waals surface area contributed by atoms with E-state index >= 15 is 0 Å². The Morgan fingerprint density at radius 3 is 1.39 bits per heavy atom.